The highest BCUT2D eigenvalue weighted by molar-refractivity contribution is 9.09. The summed E-state index contributed by atoms with van der Waals surface area (Å²) in [5.41, 5.74) is 1.77. The molecule has 1 saturated heterocycles. The van der Waals surface area contributed by atoms with E-state index in [4.69, 9.17) is 44.3 Å². The zero-order valence-electron chi connectivity index (χ0n) is 11.4. The monoisotopic (exact) mass is 420 g/mol. The molecule has 2 atom stereocenters. The molecule has 1 aliphatic heterocycles. The zero-order chi connectivity index (χ0) is 15.7. The summed E-state index contributed by atoms with van der Waals surface area (Å²) in [7, 11) is 0. The molecule has 0 aliphatic carbocycles. The van der Waals surface area contributed by atoms with Crippen molar-refractivity contribution < 1.29 is 9.47 Å². The van der Waals surface area contributed by atoms with Crippen LogP contribution in [-0.4, -0.2) is 11.9 Å². The first kappa shape index (κ1) is 16.6. The van der Waals surface area contributed by atoms with Gasteiger partial charge in [0.15, 0.2) is 0 Å². The van der Waals surface area contributed by atoms with Crippen LogP contribution in [0.5, 0.6) is 0 Å². The van der Waals surface area contributed by atoms with E-state index in [1.807, 2.05) is 30.3 Å². The number of ether oxygens (including phenoxy) is 2. The Hall–Kier alpha value is -0.290. The summed E-state index contributed by atoms with van der Waals surface area (Å²) < 4.78 is 12.2. The predicted octanol–water partition coefficient (Wildman–Crippen LogP) is 5.98. The number of halogens is 4. The molecule has 0 radical (unpaired) electrons. The van der Waals surface area contributed by atoms with Gasteiger partial charge in [-0.3, -0.25) is 0 Å². The molecule has 1 fully saturated rings. The molecule has 0 N–H and O–H groups in total. The maximum absolute atomic E-state index is 6.26. The van der Waals surface area contributed by atoms with Crippen molar-refractivity contribution in [3.8, 4) is 0 Å². The van der Waals surface area contributed by atoms with Crippen molar-refractivity contribution in [3.63, 3.8) is 0 Å². The van der Waals surface area contributed by atoms with E-state index in [2.05, 4.69) is 15.9 Å². The minimum absolute atomic E-state index is 0.252. The molecule has 0 saturated carbocycles. The van der Waals surface area contributed by atoms with Crippen molar-refractivity contribution in [3.05, 3.63) is 68.7 Å². The summed E-state index contributed by atoms with van der Waals surface area (Å²) in [6.45, 7) is 0.412. The standard InChI is InChI=1S/C16H12BrCl3O2/c17-9-16(10-1-3-11(18)4-2-10)21-8-15(22-16)13-6-5-12(19)7-14(13)20/h1-7,15H,8-9H2/t15-,16+/m1/s1. The van der Waals surface area contributed by atoms with E-state index < -0.39 is 5.79 Å². The van der Waals surface area contributed by atoms with E-state index in [0.29, 0.717) is 27.0 Å². The number of rotatable bonds is 3. The second-order valence-electron chi connectivity index (χ2n) is 4.98. The molecule has 116 valence electrons. The van der Waals surface area contributed by atoms with Gasteiger partial charge in [-0.25, -0.2) is 0 Å². The minimum Gasteiger partial charge on any atom is -0.342 e. The van der Waals surface area contributed by atoms with E-state index in [1.165, 1.54) is 0 Å². The smallest absolute Gasteiger partial charge is 0.205 e. The third-order valence-corrected chi connectivity index (χ3v) is 5.12. The fourth-order valence-electron chi connectivity index (χ4n) is 2.43. The van der Waals surface area contributed by atoms with Crippen molar-refractivity contribution >= 4 is 50.7 Å². The quantitative estimate of drug-likeness (QED) is 0.566. The van der Waals surface area contributed by atoms with Gasteiger partial charge < -0.3 is 9.47 Å². The van der Waals surface area contributed by atoms with Crippen LogP contribution in [-0.2, 0) is 15.3 Å². The zero-order valence-corrected chi connectivity index (χ0v) is 15.2. The van der Waals surface area contributed by atoms with Gasteiger partial charge in [0, 0.05) is 26.2 Å². The molecule has 0 amide bonds. The Morgan fingerprint density at radius 3 is 2.36 bits per heavy atom. The second-order valence-corrected chi connectivity index (χ2v) is 6.82. The molecule has 0 spiro atoms. The van der Waals surface area contributed by atoms with Gasteiger partial charge in [0.25, 0.3) is 0 Å². The molecule has 2 aromatic rings. The Balaban J connectivity index is 1.89. The third-order valence-electron chi connectivity index (χ3n) is 3.57. The van der Waals surface area contributed by atoms with Crippen molar-refractivity contribution in [2.45, 2.75) is 11.9 Å². The largest absolute Gasteiger partial charge is 0.342 e. The Morgan fingerprint density at radius 1 is 1.05 bits per heavy atom. The van der Waals surface area contributed by atoms with Gasteiger partial charge in [0.1, 0.15) is 6.10 Å². The van der Waals surface area contributed by atoms with Crippen molar-refractivity contribution in [2.24, 2.45) is 0 Å². The maximum atomic E-state index is 6.26. The second kappa shape index (κ2) is 6.68. The molecule has 0 aromatic heterocycles. The van der Waals surface area contributed by atoms with Crippen LogP contribution >= 0.6 is 50.7 Å². The Morgan fingerprint density at radius 2 is 1.73 bits per heavy atom. The highest BCUT2D eigenvalue weighted by Gasteiger charge is 2.43. The average molecular weight is 423 g/mol. The molecular weight excluding hydrogens is 410 g/mol. The molecule has 22 heavy (non-hydrogen) atoms. The summed E-state index contributed by atoms with van der Waals surface area (Å²) in [6, 6.07) is 12.8. The number of hydrogen-bond donors (Lipinski definition) is 0. The lowest BCUT2D eigenvalue weighted by atomic mass is 10.1. The lowest BCUT2D eigenvalue weighted by molar-refractivity contribution is -0.157. The fraction of sp³-hybridized carbons (Fsp3) is 0.250. The van der Waals surface area contributed by atoms with Gasteiger partial charge in [-0.1, -0.05) is 68.9 Å². The Labute approximate surface area is 152 Å². The van der Waals surface area contributed by atoms with Crippen LogP contribution in [0.1, 0.15) is 17.2 Å². The molecular formula is C16H12BrCl3O2. The van der Waals surface area contributed by atoms with Crippen LogP contribution in [0.4, 0.5) is 0 Å². The third kappa shape index (κ3) is 3.16. The molecule has 0 unspecified atom stereocenters. The number of benzene rings is 2. The highest BCUT2D eigenvalue weighted by Crippen LogP contribution is 2.43. The first-order chi connectivity index (χ1) is 10.5. The average Bonchev–Trinajstić information content (AvgIpc) is 2.93. The fourth-order valence-corrected chi connectivity index (χ4v) is 3.70. The van der Waals surface area contributed by atoms with Crippen LogP contribution in [0.2, 0.25) is 15.1 Å². The topological polar surface area (TPSA) is 18.5 Å². The van der Waals surface area contributed by atoms with Crippen LogP contribution in [0.3, 0.4) is 0 Å². The van der Waals surface area contributed by atoms with E-state index in [9.17, 15) is 0 Å². The van der Waals surface area contributed by atoms with E-state index in [1.54, 1.807) is 12.1 Å². The van der Waals surface area contributed by atoms with Crippen molar-refractivity contribution in [1.82, 2.24) is 0 Å². The van der Waals surface area contributed by atoms with Crippen molar-refractivity contribution in [2.75, 3.05) is 11.9 Å². The summed E-state index contributed by atoms with van der Waals surface area (Å²) in [6.07, 6.45) is -0.252. The molecule has 6 heteroatoms. The van der Waals surface area contributed by atoms with Crippen LogP contribution in [0, 0.1) is 0 Å². The lowest BCUT2D eigenvalue weighted by Gasteiger charge is -2.26. The van der Waals surface area contributed by atoms with Crippen LogP contribution < -0.4 is 0 Å². The van der Waals surface area contributed by atoms with Gasteiger partial charge in [0.05, 0.1) is 11.9 Å². The van der Waals surface area contributed by atoms with E-state index in [0.717, 1.165) is 11.1 Å². The molecule has 0 bridgehead atoms. The first-order valence-electron chi connectivity index (χ1n) is 6.63. The highest BCUT2D eigenvalue weighted by atomic mass is 79.9. The Bertz CT molecular complexity index is 678. The summed E-state index contributed by atoms with van der Waals surface area (Å²) in [5, 5.41) is 2.34. The SMILES string of the molecule is Clc1ccc([C@@]2(CBr)OC[C@H](c3ccc(Cl)cc3Cl)O2)cc1. The minimum atomic E-state index is -0.849. The Kier molecular flexibility index (Phi) is 5.03. The molecule has 2 aromatic carbocycles. The number of alkyl halides is 1. The van der Waals surface area contributed by atoms with Crippen LogP contribution in [0.25, 0.3) is 0 Å². The maximum Gasteiger partial charge on any atom is 0.205 e. The molecule has 1 aliphatic rings. The van der Waals surface area contributed by atoms with Gasteiger partial charge >= 0.3 is 0 Å². The molecule has 1 heterocycles. The summed E-state index contributed by atoms with van der Waals surface area (Å²) >= 11 is 21.6. The van der Waals surface area contributed by atoms with Gasteiger partial charge in [-0.05, 0) is 24.3 Å². The molecule has 3 rings (SSSR count). The van der Waals surface area contributed by atoms with Gasteiger partial charge in [0.2, 0.25) is 5.79 Å². The molecule has 2 nitrogen and oxygen atoms in total. The predicted molar refractivity (Wildman–Crippen MR) is 93.2 cm³/mol. The first-order valence-corrected chi connectivity index (χ1v) is 8.88. The number of hydrogen-bond acceptors (Lipinski definition) is 2. The van der Waals surface area contributed by atoms with E-state index >= 15 is 0 Å². The normalized spacial score (nSPS) is 24.6. The summed E-state index contributed by atoms with van der Waals surface area (Å²) in [5.74, 6) is -0.849. The summed E-state index contributed by atoms with van der Waals surface area (Å²) in [4.78, 5) is 0. The lowest BCUT2D eigenvalue weighted by Crippen LogP contribution is -2.29. The van der Waals surface area contributed by atoms with Gasteiger partial charge in [-0.2, -0.15) is 0 Å². The van der Waals surface area contributed by atoms with Crippen LogP contribution in [0.15, 0.2) is 42.5 Å². The van der Waals surface area contributed by atoms with E-state index in [-0.39, 0.29) is 6.10 Å². The van der Waals surface area contributed by atoms with Crippen molar-refractivity contribution in [1.29, 1.82) is 0 Å². The van der Waals surface area contributed by atoms with Gasteiger partial charge in [-0.15, -0.1) is 0 Å².